The van der Waals surface area contributed by atoms with Gasteiger partial charge in [-0.3, -0.25) is 4.98 Å². The van der Waals surface area contributed by atoms with Crippen LogP contribution in [0, 0.1) is 18.1 Å². The number of para-hydroxylation sites is 3. The third kappa shape index (κ3) is 9.93. The predicted molar refractivity (Wildman–Crippen MR) is 282 cm³/mol. The molecule has 0 aliphatic carbocycles. The van der Waals surface area contributed by atoms with E-state index in [0.717, 1.165) is 62.0 Å². The number of benzene rings is 7. The monoisotopic (exact) mass is 1120 g/mol. The molecule has 0 bridgehead atoms. The fourth-order valence-electron chi connectivity index (χ4n) is 9.25. The first-order valence-corrected chi connectivity index (χ1v) is 30.8. The van der Waals surface area contributed by atoms with Crippen LogP contribution >= 0.6 is 0 Å². The number of furan rings is 1. The van der Waals surface area contributed by atoms with Crippen LogP contribution in [0.1, 0.15) is 70.1 Å². The van der Waals surface area contributed by atoms with Gasteiger partial charge in [0.2, 0.25) is 0 Å². The van der Waals surface area contributed by atoms with Crippen molar-refractivity contribution in [1.82, 2.24) is 14.5 Å². The maximum Gasteiger partial charge on any atom is 0.120 e. The van der Waals surface area contributed by atoms with Gasteiger partial charge in [-0.1, -0.05) is 99.3 Å². The molecule has 7 aromatic carbocycles. The molecule has 0 saturated carbocycles. The van der Waals surface area contributed by atoms with Crippen molar-refractivity contribution >= 4 is 50.6 Å². The van der Waals surface area contributed by atoms with Crippen LogP contribution in [0.2, 0.25) is 17.3 Å². The van der Waals surface area contributed by atoms with E-state index in [1.165, 1.54) is 49.0 Å². The number of imidazole rings is 1. The molecule has 0 atom stereocenters. The Bertz CT molecular complexity index is 3280. The first-order valence-electron chi connectivity index (χ1n) is 23.5. The maximum absolute atomic E-state index is 6.47. The minimum atomic E-state index is -1.93. The summed E-state index contributed by atoms with van der Waals surface area (Å²) in [6, 6.07) is 62.2. The number of rotatable bonds is 10. The van der Waals surface area contributed by atoms with Crippen molar-refractivity contribution in [1.29, 1.82) is 0 Å². The van der Waals surface area contributed by atoms with Crippen LogP contribution in [-0.2, 0) is 26.5 Å². The van der Waals surface area contributed by atoms with Crippen molar-refractivity contribution in [2.75, 3.05) is 0 Å². The molecule has 10 aromatic rings. The zero-order valence-corrected chi connectivity index (χ0v) is 44.6. The average molecular weight is 1110 g/mol. The SMILES string of the molecule is CC(C)Cc1cc(-c2[c-]ccc(-c3ccccc3)c2)nc[c]1[Ge]([CH3])([CH3])[CH3].CC(C)c1cc(-c2ccccc2)cc(C(C)C)c1-n1c(-c2[c-]ccc3c2oc2ccccc23)nc2ccccc21.[Ir]. The molecule has 67 heavy (non-hydrogen) atoms. The Morgan fingerprint density at radius 3 is 1.88 bits per heavy atom. The Balaban J connectivity index is 0.000000196. The molecule has 0 unspecified atom stereocenters. The molecule has 1 radical (unpaired) electrons. The number of aromatic nitrogens is 3. The molecule has 0 spiro atoms. The van der Waals surface area contributed by atoms with Crippen molar-refractivity contribution in [2.24, 2.45) is 5.92 Å². The van der Waals surface area contributed by atoms with Crippen LogP contribution in [0.15, 0.2) is 168 Å². The molecule has 339 valence electrons. The number of pyridine rings is 1. The normalized spacial score (nSPS) is 11.7. The fourth-order valence-corrected chi connectivity index (χ4v) is 12.6. The Morgan fingerprint density at radius 1 is 0.612 bits per heavy atom. The van der Waals surface area contributed by atoms with Gasteiger partial charge in [0, 0.05) is 31.2 Å². The minimum Gasteiger partial charge on any atom is -0.501 e. The number of hydrogen-bond acceptors (Lipinski definition) is 3. The van der Waals surface area contributed by atoms with Crippen LogP contribution < -0.4 is 4.40 Å². The van der Waals surface area contributed by atoms with E-state index >= 15 is 0 Å². The summed E-state index contributed by atoms with van der Waals surface area (Å²) in [4.78, 5) is 10.1. The summed E-state index contributed by atoms with van der Waals surface area (Å²) < 4.78 is 10.4. The van der Waals surface area contributed by atoms with Crippen molar-refractivity contribution in [3.8, 4) is 50.6 Å². The van der Waals surface area contributed by atoms with Gasteiger partial charge in [0.15, 0.2) is 0 Å². The van der Waals surface area contributed by atoms with E-state index < -0.39 is 13.3 Å². The van der Waals surface area contributed by atoms with Gasteiger partial charge < -0.3 is 8.98 Å². The molecule has 0 aliphatic heterocycles. The van der Waals surface area contributed by atoms with Crippen molar-refractivity contribution in [3.05, 3.63) is 193 Å². The molecule has 10 rings (SSSR count). The smallest absolute Gasteiger partial charge is 0.120 e. The van der Waals surface area contributed by atoms with Crippen molar-refractivity contribution in [2.45, 2.75) is 77.1 Å². The number of fused-ring (bicyclic) bond motifs is 4. The largest absolute Gasteiger partial charge is 0.501 e. The number of hydrogen-bond donors (Lipinski definition) is 0. The average Bonchev–Trinajstić information content (AvgIpc) is 3.90. The molecule has 3 heterocycles. The summed E-state index contributed by atoms with van der Waals surface area (Å²) in [5.41, 5.74) is 16.9. The zero-order chi connectivity index (χ0) is 46.1. The van der Waals surface area contributed by atoms with Crippen LogP contribution in [-0.4, -0.2) is 27.8 Å². The van der Waals surface area contributed by atoms with Crippen LogP contribution in [0.4, 0.5) is 0 Å². The summed E-state index contributed by atoms with van der Waals surface area (Å²) in [6.45, 7) is 13.7. The standard InChI is InChI=1S/C37H31N2O.C24H28GeN.Ir/c1-23(2)30-21-26(25-13-6-5-7-14-25)22-31(24(3)4)35(30)39-33-19-10-9-18-32(33)38-37(39)29-17-12-16-28-27-15-8-11-20-34(27)40-36(28)29;1-18(2)14-22-16-24(26-17-23(22)25(3,4)5)21-13-9-12-20(15-21)19-10-7-6-8-11-19;/h5-16,18-24H,1-4H3;6-12,15-18H,14H2,1-5H3;/q2*-1;. The minimum absolute atomic E-state index is 0. The second-order valence-corrected chi connectivity index (χ2v) is 30.1. The van der Waals surface area contributed by atoms with Gasteiger partial charge in [0.05, 0.1) is 22.4 Å². The maximum atomic E-state index is 6.47. The molecule has 6 heteroatoms. The molecular weight excluding hydrogens is 1060 g/mol. The van der Waals surface area contributed by atoms with Crippen molar-refractivity contribution < 1.29 is 24.5 Å². The third-order valence-corrected chi connectivity index (χ3v) is 16.8. The molecule has 0 saturated heterocycles. The van der Waals surface area contributed by atoms with E-state index in [1.807, 2.05) is 24.3 Å². The van der Waals surface area contributed by atoms with E-state index in [-0.39, 0.29) is 20.1 Å². The molecule has 0 fully saturated rings. The Hall–Kier alpha value is -5.85. The van der Waals surface area contributed by atoms with Gasteiger partial charge >= 0.3 is 161 Å². The predicted octanol–water partition coefficient (Wildman–Crippen LogP) is 16.3. The van der Waals surface area contributed by atoms with Gasteiger partial charge in [-0.05, 0) is 64.4 Å². The second kappa shape index (κ2) is 20.2. The topological polar surface area (TPSA) is 43.9 Å². The summed E-state index contributed by atoms with van der Waals surface area (Å²) in [6.07, 6.45) is 3.27. The molecule has 0 amide bonds. The quantitative estimate of drug-likeness (QED) is 0.101. The summed E-state index contributed by atoms with van der Waals surface area (Å²) in [5, 5.41) is 2.18. The van der Waals surface area contributed by atoms with E-state index in [0.29, 0.717) is 17.8 Å². The van der Waals surface area contributed by atoms with Gasteiger partial charge in [-0.2, -0.15) is 0 Å². The van der Waals surface area contributed by atoms with Crippen LogP contribution in [0.3, 0.4) is 0 Å². The Labute approximate surface area is 413 Å². The van der Waals surface area contributed by atoms with Crippen molar-refractivity contribution in [3.63, 3.8) is 0 Å². The molecule has 3 aromatic heterocycles. The summed E-state index contributed by atoms with van der Waals surface area (Å²) >= 11 is -1.93. The van der Waals surface area contributed by atoms with E-state index in [4.69, 9.17) is 14.4 Å². The first kappa shape index (κ1) is 47.6. The first-order chi connectivity index (χ1) is 31.9. The third-order valence-electron chi connectivity index (χ3n) is 12.5. The zero-order valence-electron chi connectivity index (χ0n) is 40.1. The van der Waals surface area contributed by atoms with Gasteiger partial charge in [0.1, 0.15) is 5.58 Å². The molecule has 0 aliphatic rings. The van der Waals surface area contributed by atoms with Crippen LogP contribution in [0.25, 0.3) is 83.6 Å². The number of nitrogens with zero attached hydrogens (tertiary/aromatic N) is 3. The summed E-state index contributed by atoms with van der Waals surface area (Å²) in [5.74, 6) is 9.44. The van der Waals surface area contributed by atoms with Gasteiger partial charge in [-0.25, -0.2) is 0 Å². The van der Waals surface area contributed by atoms with E-state index in [9.17, 15) is 0 Å². The van der Waals surface area contributed by atoms with Gasteiger partial charge in [0.25, 0.3) is 0 Å². The summed E-state index contributed by atoms with van der Waals surface area (Å²) in [7, 11) is 0. The Morgan fingerprint density at radius 2 is 1.22 bits per heavy atom. The van der Waals surface area contributed by atoms with E-state index in [2.05, 4.69) is 215 Å². The van der Waals surface area contributed by atoms with E-state index in [1.54, 1.807) is 0 Å². The molecule has 0 N–H and O–H groups in total. The van der Waals surface area contributed by atoms with Gasteiger partial charge in [-0.15, -0.1) is 18.2 Å². The Kier molecular flexibility index (Phi) is 14.3. The molecule has 4 nitrogen and oxygen atoms in total. The second-order valence-electron chi connectivity index (χ2n) is 19.6. The molecular formula is C61H59GeIrN3O-2. The fraction of sp³-hybridized carbons (Fsp3) is 0.213. The van der Waals surface area contributed by atoms with Crippen LogP contribution in [0.5, 0.6) is 0 Å².